The second kappa shape index (κ2) is 8.96. The first-order valence-corrected chi connectivity index (χ1v) is 5.43. The third kappa shape index (κ3) is 8.00. The smallest absolute Gasteiger partial charge is 0.166 e. The molecule has 0 spiro atoms. The summed E-state index contributed by atoms with van der Waals surface area (Å²) in [5.41, 5.74) is 0. The van der Waals surface area contributed by atoms with Gasteiger partial charge in [0.05, 0.1) is 0 Å². The molecule has 0 aliphatic carbocycles. The first kappa shape index (κ1) is 13.4. The largest absolute Gasteiger partial charge is 0.366 e. The van der Waals surface area contributed by atoms with Gasteiger partial charge in [-0.3, -0.25) is 0 Å². The zero-order chi connectivity index (χ0) is 10.8. The SMILES string of the molecule is CNC(=S)NCCCCNC(=S)NC. The van der Waals surface area contributed by atoms with Crippen LogP contribution in [0, 0.1) is 0 Å². The fourth-order valence-corrected chi connectivity index (χ4v) is 1.03. The highest BCUT2D eigenvalue weighted by Crippen LogP contribution is 1.84. The molecule has 4 N–H and O–H groups in total. The summed E-state index contributed by atoms with van der Waals surface area (Å²) in [6, 6.07) is 0. The first-order chi connectivity index (χ1) is 6.70. The molecule has 0 amide bonds. The molecule has 0 bridgehead atoms. The Balaban J connectivity index is 3.14. The quantitative estimate of drug-likeness (QED) is 0.395. The average Bonchev–Trinajstić information content (AvgIpc) is 2.22. The molecular formula is C8H18N4S2. The summed E-state index contributed by atoms with van der Waals surface area (Å²) < 4.78 is 0. The van der Waals surface area contributed by atoms with Crippen molar-refractivity contribution in [2.75, 3.05) is 27.2 Å². The molecule has 0 aliphatic heterocycles. The van der Waals surface area contributed by atoms with Gasteiger partial charge >= 0.3 is 0 Å². The minimum atomic E-state index is 0.698. The Morgan fingerprint density at radius 1 is 0.857 bits per heavy atom. The average molecular weight is 234 g/mol. The van der Waals surface area contributed by atoms with Gasteiger partial charge in [0.25, 0.3) is 0 Å². The molecule has 0 rings (SSSR count). The van der Waals surface area contributed by atoms with E-state index in [1.807, 2.05) is 14.1 Å². The lowest BCUT2D eigenvalue weighted by Gasteiger charge is -2.08. The molecule has 0 fully saturated rings. The molecule has 0 saturated heterocycles. The van der Waals surface area contributed by atoms with Crippen LogP contribution < -0.4 is 21.3 Å². The van der Waals surface area contributed by atoms with Gasteiger partial charge in [0.2, 0.25) is 0 Å². The number of hydrogen-bond donors (Lipinski definition) is 4. The zero-order valence-corrected chi connectivity index (χ0v) is 10.3. The number of hydrogen-bond acceptors (Lipinski definition) is 2. The van der Waals surface area contributed by atoms with Crippen LogP contribution in [0.5, 0.6) is 0 Å². The zero-order valence-electron chi connectivity index (χ0n) is 8.64. The lowest BCUT2D eigenvalue weighted by Crippen LogP contribution is -2.34. The molecule has 82 valence electrons. The van der Waals surface area contributed by atoms with Crippen LogP contribution in [-0.2, 0) is 0 Å². The third-order valence-corrected chi connectivity index (χ3v) is 2.33. The van der Waals surface area contributed by atoms with Crippen LogP contribution >= 0.6 is 24.4 Å². The van der Waals surface area contributed by atoms with Gasteiger partial charge < -0.3 is 21.3 Å². The van der Waals surface area contributed by atoms with Gasteiger partial charge in [-0.05, 0) is 37.3 Å². The molecule has 0 radical (unpaired) electrons. The lowest BCUT2D eigenvalue weighted by atomic mass is 10.3. The Morgan fingerprint density at radius 3 is 1.50 bits per heavy atom. The summed E-state index contributed by atoms with van der Waals surface area (Å²) in [7, 11) is 3.62. The summed E-state index contributed by atoms with van der Waals surface area (Å²) in [6.07, 6.45) is 2.14. The Hall–Kier alpha value is -0.620. The normalized spacial score (nSPS) is 9.00. The van der Waals surface area contributed by atoms with E-state index in [0.717, 1.165) is 25.9 Å². The Labute approximate surface area is 96.2 Å². The summed E-state index contributed by atoms with van der Waals surface area (Å²) in [4.78, 5) is 0. The van der Waals surface area contributed by atoms with E-state index in [1.54, 1.807) is 0 Å². The van der Waals surface area contributed by atoms with Crippen LogP contribution in [0.1, 0.15) is 12.8 Å². The van der Waals surface area contributed by atoms with E-state index in [0.29, 0.717) is 10.2 Å². The fraction of sp³-hybridized carbons (Fsp3) is 0.750. The summed E-state index contributed by atoms with van der Waals surface area (Å²) >= 11 is 9.85. The van der Waals surface area contributed by atoms with Crippen LogP contribution in [0.15, 0.2) is 0 Å². The van der Waals surface area contributed by atoms with Crippen molar-refractivity contribution in [1.82, 2.24) is 21.3 Å². The maximum atomic E-state index is 4.92. The van der Waals surface area contributed by atoms with Crippen molar-refractivity contribution in [3.05, 3.63) is 0 Å². The van der Waals surface area contributed by atoms with Gasteiger partial charge in [-0.25, -0.2) is 0 Å². The van der Waals surface area contributed by atoms with E-state index in [-0.39, 0.29) is 0 Å². The Bertz CT molecular complexity index is 164. The van der Waals surface area contributed by atoms with Crippen molar-refractivity contribution in [3.8, 4) is 0 Å². The van der Waals surface area contributed by atoms with Gasteiger partial charge in [-0.1, -0.05) is 0 Å². The topological polar surface area (TPSA) is 48.1 Å². The maximum Gasteiger partial charge on any atom is 0.166 e. The van der Waals surface area contributed by atoms with E-state index in [1.165, 1.54) is 0 Å². The minimum absolute atomic E-state index is 0.698. The molecule has 0 aliphatic rings. The van der Waals surface area contributed by atoms with E-state index in [9.17, 15) is 0 Å². The molecule has 0 aromatic heterocycles. The van der Waals surface area contributed by atoms with Crippen LogP contribution in [0.4, 0.5) is 0 Å². The van der Waals surface area contributed by atoms with Gasteiger partial charge in [-0.15, -0.1) is 0 Å². The van der Waals surface area contributed by atoms with Gasteiger partial charge in [-0.2, -0.15) is 0 Å². The molecule has 4 nitrogen and oxygen atoms in total. The molecular weight excluding hydrogens is 216 g/mol. The number of unbranched alkanes of at least 4 members (excludes halogenated alkanes) is 1. The van der Waals surface area contributed by atoms with Crippen molar-refractivity contribution in [1.29, 1.82) is 0 Å². The van der Waals surface area contributed by atoms with Gasteiger partial charge in [0.15, 0.2) is 10.2 Å². The molecule has 0 atom stereocenters. The monoisotopic (exact) mass is 234 g/mol. The van der Waals surface area contributed by atoms with Gasteiger partial charge in [0.1, 0.15) is 0 Å². The summed E-state index contributed by atoms with van der Waals surface area (Å²) in [6.45, 7) is 1.79. The van der Waals surface area contributed by atoms with Crippen molar-refractivity contribution in [3.63, 3.8) is 0 Å². The number of thiocarbonyl (C=S) groups is 2. The first-order valence-electron chi connectivity index (χ1n) is 4.62. The predicted molar refractivity (Wildman–Crippen MR) is 68.6 cm³/mol. The van der Waals surface area contributed by atoms with E-state index in [2.05, 4.69) is 21.3 Å². The van der Waals surface area contributed by atoms with Crippen LogP contribution in [0.25, 0.3) is 0 Å². The molecule has 0 saturated carbocycles. The van der Waals surface area contributed by atoms with E-state index < -0.39 is 0 Å². The van der Waals surface area contributed by atoms with E-state index >= 15 is 0 Å². The lowest BCUT2D eigenvalue weighted by molar-refractivity contribution is 0.685. The Morgan fingerprint density at radius 2 is 1.21 bits per heavy atom. The number of rotatable bonds is 5. The third-order valence-electron chi connectivity index (χ3n) is 1.63. The summed E-state index contributed by atoms with van der Waals surface area (Å²) in [5.74, 6) is 0. The minimum Gasteiger partial charge on any atom is -0.366 e. The number of nitrogens with one attached hydrogen (secondary N) is 4. The van der Waals surface area contributed by atoms with Crippen molar-refractivity contribution in [2.45, 2.75) is 12.8 Å². The molecule has 0 aromatic carbocycles. The Kier molecular flexibility index (Phi) is 8.56. The second-order valence-electron chi connectivity index (χ2n) is 2.72. The standard InChI is InChI=1S/C8H18N4S2/c1-9-7(13)11-5-3-4-6-12-8(14)10-2/h3-6H2,1-2H3,(H2,9,11,13)(H2,10,12,14). The van der Waals surface area contributed by atoms with Crippen molar-refractivity contribution in [2.24, 2.45) is 0 Å². The van der Waals surface area contributed by atoms with Crippen molar-refractivity contribution >= 4 is 34.7 Å². The van der Waals surface area contributed by atoms with Crippen LogP contribution in [0.2, 0.25) is 0 Å². The van der Waals surface area contributed by atoms with E-state index in [4.69, 9.17) is 24.4 Å². The highest BCUT2D eigenvalue weighted by molar-refractivity contribution is 7.80. The fourth-order valence-electron chi connectivity index (χ4n) is 0.831. The molecule has 14 heavy (non-hydrogen) atoms. The summed E-state index contributed by atoms with van der Waals surface area (Å²) in [5, 5.41) is 13.3. The highest BCUT2D eigenvalue weighted by Gasteiger charge is 1.92. The van der Waals surface area contributed by atoms with Crippen LogP contribution in [-0.4, -0.2) is 37.4 Å². The predicted octanol–water partition coefficient (Wildman–Crippen LogP) is -0.0456. The molecule has 0 unspecified atom stereocenters. The maximum absolute atomic E-state index is 4.92. The van der Waals surface area contributed by atoms with Crippen molar-refractivity contribution < 1.29 is 0 Å². The molecule has 0 aromatic rings. The molecule has 0 heterocycles. The second-order valence-corrected chi connectivity index (χ2v) is 3.54. The highest BCUT2D eigenvalue weighted by atomic mass is 32.1. The molecule has 6 heteroatoms. The van der Waals surface area contributed by atoms with Gasteiger partial charge in [0, 0.05) is 27.2 Å². The van der Waals surface area contributed by atoms with Crippen LogP contribution in [0.3, 0.4) is 0 Å².